The van der Waals surface area contributed by atoms with E-state index in [2.05, 4.69) is 42.5 Å². The van der Waals surface area contributed by atoms with Crippen LogP contribution >= 0.6 is 0 Å². The first-order chi connectivity index (χ1) is 5.45. The molecule has 0 radical (unpaired) electrons. The van der Waals surface area contributed by atoms with Crippen molar-refractivity contribution in [2.75, 3.05) is 0 Å². The molecule has 0 bridgehead atoms. The van der Waals surface area contributed by atoms with E-state index in [4.69, 9.17) is 0 Å². The summed E-state index contributed by atoms with van der Waals surface area (Å²) in [6.45, 7) is 0. The van der Waals surface area contributed by atoms with Gasteiger partial charge in [-0.25, -0.2) is 0 Å². The molecule has 0 fully saturated rings. The first kappa shape index (κ1) is 7.15. The molecular weight excluding hydrogens is 199 g/mol. The van der Waals surface area contributed by atoms with Crippen LogP contribution in [0.2, 0.25) is 4.82 Å². The van der Waals surface area contributed by atoms with Gasteiger partial charge in [-0.15, -0.1) is 0 Å². The van der Waals surface area contributed by atoms with Gasteiger partial charge in [0.05, 0.1) is 0 Å². The number of hydrogen-bond acceptors (Lipinski definition) is 0. The Kier molecular flexibility index (Phi) is 2.11. The zero-order chi connectivity index (χ0) is 7.52. The van der Waals surface area contributed by atoms with Gasteiger partial charge in [0, 0.05) is 0 Å². The molecular formula is C10H10Se. The minimum absolute atomic E-state index is 0.677. The van der Waals surface area contributed by atoms with Crippen LogP contribution in [0.5, 0.6) is 0 Å². The molecule has 1 aliphatic carbocycles. The number of rotatable bonds is 2. The van der Waals surface area contributed by atoms with Gasteiger partial charge in [0.25, 0.3) is 0 Å². The summed E-state index contributed by atoms with van der Waals surface area (Å²) in [7, 11) is 0. The number of allylic oxidation sites excluding steroid dienone is 2. The molecule has 1 atom stereocenters. The summed E-state index contributed by atoms with van der Waals surface area (Å²) in [5.41, 5.74) is 0. The maximum atomic E-state index is 2.33. The quantitative estimate of drug-likeness (QED) is 0.514. The summed E-state index contributed by atoms with van der Waals surface area (Å²) in [6, 6.07) is 10.8. The van der Waals surface area contributed by atoms with Gasteiger partial charge in [-0.3, -0.25) is 0 Å². The van der Waals surface area contributed by atoms with Crippen LogP contribution in [0, 0.1) is 0 Å². The Bertz CT molecular complexity index is 251. The van der Waals surface area contributed by atoms with E-state index in [-0.39, 0.29) is 0 Å². The van der Waals surface area contributed by atoms with Crippen molar-refractivity contribution in [2.24, 2.45) is 0 Å². The summed E-state index contributed by atoms with van der Waals surface area (Å²) in [4.78, 5) is 0.880. The monoisotopic (exact) mass is 210 g/mol. The molecule has 1 unspecified atom stereocenters. The van der Waals surface area contributed by atoms with Crippen molar-refractivity contribution in [1.29, 1.82) is 0 Å². The van der Waals surface area contributed by atoms with Gasteiger partial charge in [-0.05, 0) is 0 Å². The second kappa shape index (κ2) is 3.25. The molecule has 0 aliphatic heterocycles. The van der Waals surface area contributed by atoms with Crippen LogP contribution in [0.3, 0.4) is 0 Å². The molecule has 0 aromatic heterocycles. The first-order valence-electron chi connectivity index (χ1n) is 3.83. The molecule has 1 heteroatoms. The van der Waals surface area contributed by atoms with Crippen LogP contribution in [0.1, 0.15) is 6.42 Å². The van der Waals surface area contributed by atoms with Crippen molar-refractivity contribution >= 4 is 19.4 Å². The zero-order valence-corrected chi connectivity index (χ0v) is 7.95. The molecule has 11 heavy (non-hydrogen) atoms. The Hall–Kier alpha value is -0.521. The fraction of sp³-hybridized carbons (Fsp3) is 0.200. The van der Waals surface area contributed by atoms with Gasteiger partial charge in [0.1, 0.15) is 0 Å². The Morgan fingerprint density at radius 2 is 1.91 bits per heavy atom. The molecule has 0 heterocycles. The van der Waals surface area contributed by atoms with Gasteiger partial charge in [-0.1, -0.05) is 0 Å². The van der Waals surface area contributed by atoms with E-state index in [1.165, 1.54) is 10.9 Å². The van der Waals surface area contributed by atoms with E-state index in [0.29, 0.717) is 15.0 Å². The third-order valence-corrected chi connectivity index (χ3v) is 4.26. The van der Waals surface area contributed by atoms with Crippen LogP contribution in [0.4, 0.5) is 0 Å². The topological polar surface area (TPSA) is 0 Å². The van der Waals surface area contributed by atoms with Crippen LogP contribution in [-0.2, 0) is 0 Å². The van der Waals surface area contributed by atoms with Crippen LogP contribution in [0.15, 0.2) is 42.5 Å². The van der Waals surface area contributed by atoms with Crippen molar-refractivity contribution in [2.45, 2.75) is 11.2 Å². The normalized spacial score (nSPS) is 21.3. The average molecular weight is 209 g/mol. The Morgan fingerprint density at radius 3 is 2.45 bits per heavy atom. The Balaban J connectivity index is 2.01. The first-order valence-corrected chi connectivity index (χ1v) is 5.68. The minimum atomic E-state index is 0.677. The van der Waals surface area contributed by atoms with Gasteiger partial charge < -0.3 is 0 Å². The van der Waals surface area contributed by atoms with Gasteiger partial charge in [0.15, 0.2) is 0 Å². The molecule has 1 aromatic carbocycles. The second-order valence-corrected chi connectivity index (χ2v) is 5.39. The molecule has 1 aromatic rings. The Morgan fingerprint density at radius 1 is 1.18 bits per heavy atom. The van der Waals surface area contributed by atoms with Crippen LogP contribution < -0.4 is 4.46 Å². The van der Waals surface area contributed by atoms with E-state index < -0.39 is 0 Å². The molecule has 0 spiro atoms. The van der Waals surface area contributed by atoms with Crippen molar-refractivity contribution in [1.82, 2.24) is 0 Å². The average Bonchev–Trinajstić information content (AvgIpc) is 1.99. The van der Waals surface area contributed by atoms with E-state index >= 15 is 0 Å². The number of hydrogen-bond donors (Lipinski definition) is 0. The molecule has 0 saturated carbocycles. The van der Waals surface area contributed by atoms with E-state index in [9.17, 15) is 0 Å². The molecule has 56 valence electrons. The van der Waals surface area contributed by atoms with Crippen molar-refractivity contribution in [3.63, 3.8) is 0 Å². The van der Waals surface area contributed by atoms with Crippen LogP contribution in [-0.4, -0.2) is 15.0 Å². The fourth-order valence-corrected chi connectivity index (χ4v) is 3.23. The summed E-state index contributed by atoms with van der Waals surface area (Å²) < 4.78 is 1.52. The maximum absolute atomic E-state index is 2.33. The predicted octanol–water partition coefficient (Wildman–Crippen LogP) is 1.76. The molecule has 1 aliphatic rings. The fourth-order valence-electron chi connectivity index (χ4n) is 1.01. The predicted molar refractivity (Wildman–Crippen MR) is 49.3 cm³/mol. The van der Waals surface area contributed by atoms with Crippen molar-refractivity contribution < 1.29 is 0 Å². The van der Waals surface area contributed by atoms with Crippen molar-refractivity contribution in [3.05, 3.63) is 42.5 Å². The zero-order valence-electron chi connectivity index (χ0n) is 6.23. The molecule has 0 N–H and O–H groups in total. The van der Waals surface area contributed by atoms with E-state index in [1.54, 1.807) is 0 Å². The van der Waals surface area contributed by atoms with E-state index in [0.717, 1.165) is 4.82 Å². The summed E-state index contributed by atoms with van der Waals surface area (Å²) in [6.07, 6.45) is 5.89. The standard InChI is InChI=1S/C10H10Se/c1-2-5-9(6-3-1)11-10-7-4-8-10/h1-7,10H,8H2. The SMILES string of the molecule is C1=CC([Se]c2ccccc2)C1. The third-order valence-electron chi connectivity index (χ3n) is 1.75. The number of benzene rings is 1. The van der Waals surface area contributed by atoms with E-state index in [1.807, 2.05) is 0 Å². The van der Waals surface area contributed by atoms with Crippen molar-refractivity contribution in [3.8, 4) is 0 Å². The summed E-state index contributed by atoms with van der Waals surface area (Å²) in [5, 5.41) is 0. The summed E-state index contributed by atoms with van der Waals surface area (Å²) >= 11 is 0.677. The molecule has 2 rings (SSSR count). The Labute approximate surface area is 73.5 Å². The van der Waals surface area contributed by atoms with Gasteiger partial charge in [0.2, 0.25) is 0 Å². The molecule has 0 saturated heterocycles. The summed E-state index contributed by atoms with van der Waals surface area (Å²) in [5.74, 6) is 0. The molecule has 0 amide bonds. The van der Waals surface area contributed by atoms with Gasteiger partial charge in [-0.2, -0.15) is 0 Å². The second-order valence-electron chi connectivity index (χ2n) is 2.63. The van der Waals surface area contributed by atoms with Gasteiger partial charge >= 0.3 is 73.1 Å². The van der Waals surface area contributed by atoms with Crippen LogP contribution in [0.25, 0.3) is 0 Å². The third kappa shape index (κ3) is 1.74. The molecule has 0 nitrogen and oxygen atoms in total.